The van der Waals surface area contributed by atoms with Crippen molar-refractivity contribution in [3.8, 4) is 11.1 Å². The van der Waals surface area contributed by atoms with E-state index < -0.39 is 30.4 Å². The molecule has 0 radical (unpaired) electrons. The summed E-state index contributed by atoms with van der Waals surface area (Å²) in [7, 11) is 0. The molecule has 4 rings (SSSR count). The third kappa shape index (κ3) is 3.18. The number of alkyl halides is 2. The molecule has 7 nitrogen and oxygen atoms in total. The number of cyclic esters (lactones) is 1. The number of aliphatic hydroxyl groups excluding tert-OH is 1. The first-order valence-corrected chi connectivity index (χ1v) is 8.74. The monoisotopic (exact) mass is 389 g/mol. The fourth-order valence-electron chi connectivity index (χ4n) is 3.25. The number of rotatable bonds is 4. The summed E-state index contributed by atoms with van der Waals surface area (Å²) in [6.07, 6.45) is -0.0400. The lowest BCUT2D eigenvalue weighted by Gasteiger charge is -2.16. The zero-order valence-corrected chi connectivity index (χ0v) is 14.7. The van der Waals surface area contributed by atoms with Crippen LogP contribution in [0.2, 0.25) is 0 Å². The van der Waals surface area contributed by atoms with Gasteiger partial charge in [-0.25, -0.2) is 9.78 Å². The van der Waals surface area contributed by atoms with E-state index in [9.17, 15) is 18.4 Å². The molecule has 28 heavy (non-hydrogen) atoms. The molecule has 0 bridgehead atoms. The number of carbonyl (C=O) groups excluding carboxylic acids is 2. The summed E-state index contributed by atoms with van der Waals surface area (Å²) >= 11 is 0. The third-order valence-corrected chi connectivity index (χ3v) is 4.82. The molecule has 0 spiro atoms. The minimum atomic E-state index is -3.33. The van der Waals surface area contributed by atoms with Crippen LogP contribution in [0.5, 0.6) is 0 Å². The Balaban J connectivity index is 1.49. The molecule has 1 unspecified atom stereocenters. The van der Waals surface area contributed by atoms with Gasteiger partial charge in [-0.15, -0.1) is 0 Å². The Morgan fingerprint density at radius 3 is 2.36 bits per heavy atom. The number of benzene rings is 1. The van der Waals surface area contributed by atoms with Crippen LogP contribution < -0.4 is 9.80 Å². The number of pyridine rings is 1. The molecule has 1 N–H and O–H groups in total. The lowest BCUT2D eigenvalue weighted by Crippen LogP contribution is -2.33. The molecule has 1 aromatic carbocycles. The number of nitrogens with zero attached hydrogens (tertiary/aromatic N) is 3. The molecule has 3 heterocycles. The van der Waals surface area contributed by atoms with Crippen LogP contribution in [0.15, 0.2) is 42.6 Å². The van der Waals surface area contributed by atoms with Crippen molar-refractivity contribution in [1.82, 2.24) is 4.98 Å². The summed E-state index contributed by atoms with van der Waals surface area (Å²) in [6.45, 7) is -0.0170. The number of ether oxygens (including phenoxy) is 1. The topological polar surface area (TPSA) is 83.0 Å². The summed E-state index contributed by atoms with van der Waals surface area (Å²) in [5.41, 5.74) is 2.19. The maximum atomic E-state index is 13.4. The highest BCUT2D eigenvalue weighted by molar-refractivity contribution is 6.00. The first kappa shape index (κ1) is 18.3. The van der Waals surface area contributed by atoms with E-state index in [4.69, 9.17) is 9.84 Å². The van der Waals surface area contributed by atoms with E-state index in [0.29, 0.717) is 5.69 Å². The fraction of sp³-hybridized carbons (Fsp3) is 0.316. The number of hydrogen-bond donors (Lipinski definition) is 1. The molecule has 2 aliphatic heterocycles. The van der Waals surface area contributed by atoms with Crippen LogP contribution in [0.3, 0.4) is 0 Å². The number of hydrogen-bond acceptors (Lipinski definition) is 5. The number of aromatic nitrogens is 1. The SMILES string of the molecule is O=C1OC(CO)CN1c1ccc(-c2ccc(N3CCC(F)(F)C3=O)nc2)cc1. The van der Waals surface area contributed by atoms with Crippen molar-refractivity contribution in [1.29, 1.82) is 0 Å². The fourth-order valence-corrected chi connectivity index (χ4v) is 3.25. The Morgan fingerprint density at radius 2 is 1.82 bits per heavy atom. The van der Waals surface area contributed by atoms with Crippen molar-refractivity contribution >= 4 is 23.5 Å². The largest absolute Gasteiger partial charge is 0.441 e. The Bertz CT molecular complexity index is 902. The number of halogens is 2. The number of carbonyl (C=O) groups is 2. The van der Waals surface area contributed by atoms with Crippen molar-refractivity contribution < 1.29 is 28.2 Å². The first-order valence-electron chi connectivity index (χ1n) is 8.74. The molecular formula is C19H17F2N3O4. The molecule has 2 saturated heterocycles. The van der Waals surface area contributed by atoms with E-state index in [2.05, 4.69) is 4.98 Å². The molecule has 2 amide bonds. The van der Waals surface area contributed by atoms with E-state index in [0.717, 1.165) is 16.0 Å². The van der Waals surface area contributed by atoms with E-state index >= 15 is 0 Å². The predicted molar refractivity (Wildman–Crippen MR) is 96.3 cm³/mol. The standard InChI is InChI=1S/C19H17F2N3O4/c20-19(21)7-8-23(17(19)26)16-6-3-13(9-22-16)12-1-4-14(5-2-12)24-10-15(11-25)28-18(24)27/h1-6,9,15,25H,7-8,10-11H2. The Kier molecular flexibility index (Phi) is 4.46. The van der Waals surface area contributed by atoms with Crippen LogP contribution >= 0.6 is 0 Å². The second-order valence-electron chi connectivity index (χ2n) is 6.66. The van der Waals surface area contributed by atoms with E-state index in [1.54, 1.807) is 30.3 Å². The van der Waals surface area contributed by atoms with Gasteiger partial charge in [0.05, 0.1) is 13.2 Å². The Morgan fingerprint density at radius 1 is 1.11 bits per heavy atom. The number of aliphatic hydroxyl groups is 1. The molecule has 1 aromatic heterocycles. The molecule has 0 aliphatic carbocycles. The molecular weight excluding hydrogens is 372 g/mol. The summed E-state index contributed by atoms with van der Waals surface area (Å²) in [5.74, 6) is -4.37. The summed E-state index contributed by atoms with van der Waals surface area (Å²) in [4.78, 5) is 30.1. The van der Waals surface area contributed by atoms with Gasteiger partial charge in [0.15, 0.2) is 0 Å². The number of amides is 2. The van der Waals surface area contributed by atoms with Crippen molar-refractivity contribution in [2.75, 3.05) is 29.5 Å². The van der Waals surface area contributed by atoms with Gasteiger partial charge in [0.2, 0.25) is 0 Å². The molecule has 9 heteroatoms. The third-order valence-electron chi connectivity index (χ3n) is 4.82. The van der Waals surface area contributed by atoms with Gasteiger partial charge in [-0.05, 0) is 29.8 Å². The molecule has 146 valence electrons. The molecule has 1 atom stereocenters. The molecule has 2 aromatic rings. The highest BCUT2D eigenvalue weighted by Gasteiger charge is 2.48. The van der Waals surface area contributed by atoms with Crippen LogP contribution in [-0.4, -0.2) is 53.8 Å². The smallest absolute Gasteiger partial charge is 0.414 e. The van der Waals surface area contributed by atoms with Crippen LogP contribution in [0.25, 0.3) is 11.1 Å². The van der Waals surface area contributed by atoms with Crippen molar-refractivity contribution in [3.05, 3.63) is 42.6 Å². The van der Waals surface area contributed by atoms with Gasteiger partial charge in [-0.1, -0.05) is 12.1 Å². The minimum absolute atomic E-state index is 0.0619. The average molecular weight is 389 g/mol. The van der Waals surface area contributed by atoms with Gasteiger partial charge in [-0.2, -0.15) is 8.78 Å². The lowest BCUT2D eigenvalue weighted by atomic mass is 10.1. The predicted octanol–water partition coefficient (Wildman–Crippen LogP) is 2.44. The molecule has 2 aliphatic rings. The quantitative estimate of drug-likeness (QED) is 0.869. The zero-order chi connectivity index (χ0) is 19.9. The van der Waals surface area contributed by atoms with Gasteiger partial charge in [0.1, 0.15) is 11.9 Å². The molecule has 2 fully saturated rings. The van der Waals surface area contributed by atoms with E-state index in [1.165, 1.54) is 17.2 Å². The lowest BCUT2D eigenvalue weighted by molar-refractivity contribution is -0.137. The number of anilines is 2. The van der Waals surface area contributed by atoms with Crippen LogP contribution in [0.1, 0.15) is 6.42 Å². The van der Waals surface area contributed by atoms with Crippen molar-refractivity contribution in [3.63, 3.8) is 0 Å². The summed E-state index contributed by atoms with van der Waals surface area (Å²) in [6, 6.07) is 10.3. The van der Waals surface area contributed by atoms with E-state index in [1.807, 2.05) is 0 Å². The van der Waals surface area contributed by atoms with Gasteiger partial charge in [0.25, 0.3) is 5.91 Å². The second-order valence-corrected chi connectivity index (χ2v) is 6.66. The second kappa shape index (κ2) is 6.83. The summed E-state index contributed by atoms with van der Waals surface area (Å²) < 4.78 is 31.8. The van der Waals surface area contributed by atoms with Crippen LogP contribution in [-0.2, 0) is 9.53 Å². The van der Waals surface area contributed by atoms with Gasteiger partial charge >= 0.3 is 12.0 Å². The molecule has 0 saturated carbocycles. The minimum Gasteiger partial charge on any atom is -0.441 e. The van der Waals surface area contributed by atoms with Crippen molar-refractivity contribution in [2.24, 2.45) is 0 Å². The average Bonchev–Trinajstić information content (AvgIpc) is 3.21. The highest BCUT2D eigenvalue weighted by atomic mass is 19.3. The zero-order valence-electron chi connectivity index (χ0n) is 14.7. The summed E-state index contributed by atoms with van der Waals surface area (Å²) in [5, 5.41) is 9.11. The van der Waals surface area contributed by atoms with Gasteiger partial charge < -0.3 is 9.84 Å². The maximum Gasteiger partial charge on any atom is 0.414 e. The van der Waals surface area contributed by atoms with E-state index in [-0.39, 0.29) is 25.5 Å². The maximum absolute atomic E-state index is 13.4. The normalized spacial score (nSPS) is 21.3. The Labute approximate surface area is 159 Å². The van der Waals surface area contributed by atoms with Crippen LogP contribution in [0, 0.1) is 0 Å². The van der Waals surface area contributed by atoms with Gasteiger partial charge in [0, 0.05) is 30.4 Å². The first-order chi connectivity index (χ1) is 13.4. The van der Waals surface area contributed by atoms with Crippen molar-refractivity contribution in [2.45, 2.75) is 18.4 Å². The van der Waals surface area contributed by atoms with Crippen LogP contribution in [0.4, 0.5) is 25.1 Å². The van der Waals surface area contributed by atoms with Gasteiger partial charge in [-0.3, -0.25) is 14.6 Å². The Hall–Kier alpha value is -3.07. The highest BCUT2D eigenvalue weighted by Crippen LogP contribution is 2.32.